The lowest BCUT2D eigenvalue weighted by molar-refractivity contribution is -0.198. The van der Waals surface area contributed by atoms with Gasteiger partial charge in [0, 0.05) is 51.0 Å². The van der Waals surface area contributed by atoms with E-state index < -0.39 is 0 Å². The Labute approximate surface area is 184 Å². The van der Waals surface area contributed by atoms with Crippen molar-refractivity contribution in [2.75, 3.05) is 44.7 Å². The normalized spacial score (nSPS) is 20.2. The molecule has 0 saturated carbocycles. The summed E-state index contributed by atoms with van der Waals surface area (Å²) in [4.78, 5) is 22.0. The number of carbonyl (C=O) groups is 1. The molecule has 0 aliphatic carbocycles. The van der Waals surface area contributed by atoms with Crippen molar-refractivity contribution in [3.63, 3.8) is 0 Å². The van der Waals surface area contributed by atoms with Gasteiger partial charge in [0.1, 0.15) is 0 Å². The molecule has 2 fully saturated rings. The van der Waals surface area contributed by atoms with Crippen LogP contribution in [-0.4, -0.2) is 56.9 Å². The fourth-order valence-electron chi connectivity index (χ4n) is 3.85. The molecule has 2 aliphatic heterocycles. The molecule has 1 atom stereocenters. The fourth-order valence-corrected chi connectivity index (χ4v) is 3.85. The molecule has 0 radical (unpaired) electrons. The Kier molecular flexibility index (Phi) is 7.35. The lowest BCUT2D eigenvalue weighted by Gasteiger charge is -2.34. The van der Waals surface area contributed by atoms with E-state index in [9.17, 15) is 4.79 Å². The Morgan fingerprint density at radius 2 is 1.68 bits per heavy atom. The lowest BCUT2D eigenvalue weighted by Crippen LogP contribution is -2.44. The second-order valence-electron chi connectivity index (χ2n) is 8.17. The van der Waals surface area contributed by atoms with Gasteiger partial charge in [-0.1, -0.05) is 36.4 Å². The van der Waals surface area contributed by atoms with Gasteiger partial charge in [-0.05, 0) is 54.8 Å². The van der Waals surface area contributed by atoms with Gasteiger partial charge in [-0.15, -0.1) is 0 Å². The fraction of sp³-hybridized carbons (Fsp3) is 0.400. The maximum absolute atomic E-state index is 11.9. The van der Waals surface area contributed by atoms with Crippen molar-refractivity contribution >= 4 is 17.7 Å². The van der Waals surface area contributed by atoms with Crippen LogP contribution >= 0.6 is 0 Å². The predicted molar refractivity (Wildman–Crippen MR) is 123 cm³/mol. The largest absolute Gasteiger partial charge is 0.369 e. The Balaban J connectivity index is 1.29. The predicted octanol–water partition coefficient (Wildman–Crippen LogP) is 3.69. The zero-order chi connectivity index (χ0) is 21.5. The van der Waals surface area contributed by atoms with E-state index in [1.165, 1.54) is 17.3 Å². The number of hydrogen-bond acceptors (Lipinski definition) is 5. The Morgan fingerprint density at radius 3 is 2.32 bits per heavy atom. The number of benzene rings is 2. The van der Waals surface area contributed by atoms with E-state index in [0.29, 0.717) is 6.61 Å². The van der Waals surface area contributed by atoms with Crippen LogP contribution in [0.15, 0.2) is 54.6 Å². The smallest absolute Gasteiger partial charge is 0.267 e. The van der Waals surface area contributed by atoms with Crippen LogP contribution in [0.4, 0.5) is 5.69 Å². The SMILES string of the molecule is CN1CCN(c2ccc(-c3ccc(/C=C/C(=O)NOC4CCCCO4)cc3)cc2)CC1. The van der Waals surface area contributed by atoms with Crippen LogP contribution in [0.3, 0.4) is 0 Å². The van der Waals surface area contributed by atoms with Crippen molar-refractivity contribution < 1.29 is 14.4 Å². The van der Waals surface area contributed by atoms with Crippen molar-refractivity contribution in [3.05, 3.63) is 60.2 Å². The monoisotopic (exact) mass is 421 g/mol. The topological polar surface area (TPSA) is 54.0 Å². The van der Waals surface area contributed by atoms with E-state index in [1.54, 1.807) is 6.08 Å². The number of piperazine rings is 1. The van der Waals surface area contributed by atoms with Gasteiger partial charge in [-0.25, -0.2) is 10.3 Å². The molecule has 2 aliphatic rings. The highest BCUT2D eigenvalue weighted by Gasteiger charge is 2.15. The summed E-state index contributed by atoms with van der Waals surface area (Å²) in [6.45, 7) is 5.04. The Bertz CT molecular complexity index is 866. The Hall–Kier alpha value is -2.67. The maximum atomic E-state index is 11.9. The molecule has 2 aromatic rings. The third-order valence-electron chi connectivity index (χ3n) is 5.84. The molecule has 1 N–H and O–H groups in total. The van der Waals surface area contributed by atoms with E-state index >= 15 is 0 Å². The zero-order valence-corrected chi connectivity index (χ0v) is 18.1. The van der Waals surface area contributed by atoms with Crippen molar-refractivity contribution in [2.24, 2.45) is 0 Å². The van der Waals surface area contributed by atoms with Gasteiger partial charge in [0.25, 0.3) is 5.91 Å². The van der Waals surface area contributed by atoms with Crippen molar-refractivity contribution in [2.45, 2.75) is 25.6 Å². The van der Waals surface area contributed by atoms with E-state index in [0.717, 1.165) is 56.6 Å². The quantitative estimate of drug-likeness (QED) is 0.570. The van der Waals surface area contributed by atoms with Crippen molar-refractivity contribution in [1.29, 1.82) is 0 Å². The summed E-state index contributed by atoms with van der Waals surface area (Å²) in [5.41, 5.74) is 7.02. The number of hydroxylamine groups is 1. The molecule has 2 aromatic carbocycles. The number of anilines is 1. The van der Waals surface area contributed by atoms with Gasteiger partial charge in [-0.2, -0.15) is 0 Å². The summed E-state index contributed by atoms with van der Waals surface area (Å²) in [5.74, 6) is -0.294. The molecule has 2 heterocycles. The second kappa shape index (κ2) is 10.6. The van der Waals surface area contributed by atoms with Crippen molar-refractivity contribution in [3.8, 4) is 11.1 Å². The average Bonchev–Trinajstić information content (AvgIpc) is 2.83. The average molecular weight is 422 g/mol. The second-order valence-corrected chi connectivity index (χ2v) is 8.17. The molecule has 1 unspecified atom stereocenters. The molecule has 0 spiro atoms. The first kappa shape index (κ1) is 21.6. The first-order chi connectivity index (χ1) is 15.2. The summed E-state index contributed by atoms with van der Waals surface area (Å²) >= 11 is 0. The summed E-state index contributed by atoms with van der Waals surface area (Å²) in [5, 5.41) is 0. The number of carbonyl (C=O) groups excluding carboxylic acids is 1. The summed E-state index contributed by atoms with van der Waals surface area (Å²) < 4.78 is 5.43. The number of likely N-dealkylation sites (N-methyl/N-ethyl adjacent to an activating group) is 1. The van der Waals surface area contributed by atoms with Crippen LogP contribution in [0.25, 0.3) is 17.2 Å². The molecule has 2 saturated heterocycles. The maximum Gasteiger partial charge on any atom is 0.267 e. The van der Waals surface area contributed by atoms with Crippen LogP contribution in [-0.2, 0) is 14.4 Å². The van der Waals surface area contributed by atoms with Gasteiger partial charge in [0.05, 0.1) is 0 Å². The van der Waals surface area contributed by atoms with Crippen LogP contribution in [0.2, 0.25) is 0 Å². The first-order valence-corrected chi connectivity index (χ1v) is 11.1. The summed E-state index contributed by atoms with van der Waals surface area (Å²) in [6.07, 6.45) is 5.82. The summed E-state index contributed by atoms with van der Waals surface area (Å²) in [7, 11) is 2.17. The standard InChI is InChI=1S/C25H31N3O3/c1-27-15-17-28(18-16-27)23-12-10-22(11-13-23)21-8-5-20(6-9-21)7-14-24(29)26-31-25-4-2-3-19-30-25/h5-14,25H,2-4,15-19H2,1H3,(H,26,29)/b14-7+. The molecule has 0 aromatic heterocycles. The molecule has 6 heteroatoms. The highest BCUT2D eigenvalue weighted by atomic mass is 16.8. The van der Waals surface area contributed by atoms with E-state index in [4.69, 9.17) is 9.57 Å². The van der Waals surface area contributed by atoms with Crippen molar-refractivity contribution in [1.82, 2.24) is 10.4 Å². The molecule has 31 heavy (non-hydrogen) atoms. The highest BCUT2D eigenvalue weighted by molar-refractivity contribution is 5.91. The molecule has 164 valence electrons. The van der Waals surface area contributed by atoms with E-state index in [2.05, 4.69) is 58.7 Å². The molecular weight excluding hydrogens is 390 g/mol. The van der Waals surface area contributed by atoms with Gasteiger partial charge in [-0.3, -0.25) is 4.79 Å². The van der Waals surface area contributed by atoms with Crippen LogP contribution < -0.4 is 10.4 Å². The third-order valence-corrected chi connectivity index (χ3v) is 5.84. The van der Waals surface area contributed by atoms with Crippen LogP contribution in [0, 0.1) is 0 Å². The Morgan fingerprint density at radius 1 is 1.00 bits per heavy atom. The lowest BCUT2D eigenvalue weighted by atomic mass is 10.0. The van der Waals surface area contributed by atoms with E-state index in [-0.39, 0.29) is 12.2 Å². The number of rotatable bonds is 6. The summed E-state index contributed by atoms with van der Waals surface area (Å²) in [6, 6.07) is 16.9. The van der Waals surface area contributed by atoms with E-state index in [1.807, 2.05) is 12.1 Å². The zero-order valence-electron chi connectivity index (χ0n) is 18.1. The highest BCUT2D eigenvalue weighted by Crippen LogP contribution is 2.24. The van der Waals surface area contributed by atoms with Gasteiger partial charge >= 0.3 is 0 Å². The molecule has 1 amide bonds. The van der Waals surface area contributed by atoms with Gasteiger partial charge in [0.2, 0.25) is 0 Å². The number of ether oxygens (including phenoxy) is 1. The first-order valence-electron chi connectivity index (χ1n) is 11.1. The number of hydrogen-bond donors (Lipinski definition) is 1. The molecule has 0 bridgehead atoms. The minimum atomic E-state index is -0.340. The van der Waals surface area contributed by atoms with Gasteiger partial charge in [0.15, 0.2) is 6.29 Å². The van der Waals surface area contributed by atoms with Crippen LogP contribution in [0.1, 0.15) is 24.8 Å². The number of amides is 1. The minimum absolute atomic E-state index is 0.294. The molecule has 6 nitrogen and oxygen atoms in total. The minimum Gasteiger partial charge on any atom is -0.369 e. The molecule has 4 rings (SSSR count). The number of nitrogens with one attached hydrogen (secondary N) is 1. The van der Waals surface area contributed by atoms with Gasteiger partial charge < -0.3 is 14.5 Å². The number of nitrogens with zero attached hydrogens (tertiary/aromatic N) is 2. The van der Waals surface area contributed by atoms with Crippen LogP contribution in [0.5, 0.6) is 0 Å². The molecular formula is C25H31N3O3. The third kappa shape index (κ3) is 6.17.